The second kappa shape index (κ2) is 4.43. The van der Waals surface area contributed by atoms with Gasteiger partial charge in [-0.15, -0.1) is 0 Å². The zero-order valence-electron chi connectivity index (χ0n) is 8.50. The van der Waals surface area contributed by atoms with Crippen LogP contribution in [0.2, 0.25) is 0 Å². The van der Waals surface area contributed by atoms with E-state index in [0.29, 0.717) is 18.3 Å². The van der Waals surface area contributed by atoms with Crippen molar-refractivity contribution in [2.75, 3.05) is 6.61 Å². The van der Waals surface area contributed by atoms with E-state index < -0.39 is 0 Å². The smallest absolute Gasteiger partial charge is 0.0784 e. The molecule has 0 aromatic rings. The van der Waals surface area contributed by atoms with E-state index in [1.54, 1.807) is 0 Å². The lowest BCUT2D eigenvalue weighted by Crippen LogP contribution is -2.22. The molecule has 0 aromatic heterocycles. The maximum Gasteiger partial charge on any atom is 0.0784 e. The van der Waals surface area contributed by atoms with Crippen molar-refractivity contribution in [3.8, 4) is 0 Å². The molecule has 0 bridgehead atoms. The first-order valence-electron chi connectivity index (χ1n) is 5.61. The molecule has 0 spiro atoms. The third kappa shape index (κ3) is 3.28. The Labute approximate surface area is 80.6 Å². The molecule has 0 amide bonds. The molecule has 2 heteroatoms. The highest BCUT2D eigenvalue weighted by atomic mass is 16.5. The van der Waals surface area contributed by atoms with Gasteiger partial charge < -0.3 is 9.47 Å². The van der Waals surface area contributed by atoms with Crippen LogP contribution >= 0.6 is 0 Å². The number of ether oxygens (including phenoxy) is 2. The van der Waals surface area contributed by atoms with E-state index in [1.165, 1.54) is 38.5 Å². The van der Waals surface area contributed by atoms with Crippen LogP contribution in [0.1, 0.15) is 45.4 Å². The van der Waals surface area contributed by atoms with E-state index in [2.05, 4.69) is 6.92 Å². The van der Waals surface area contributed by atoms with Gasteiger partial charge in [0.25, 0.3) is 0 Å². The molecule has 0 saturated heterocycles. The summed E-state index contributed by atoms with van der Waals surface area (Å²) in [7, 11) is 0. The minimum Gasteiger partial charge on any atom is -0.376 e. The van der Waals surface area contributed by atoms with Crippen molar-refractivity contribution in [3.63, 3.8) is 0 Å². The molecule has 2 aliphatic carbocycles. The van der Waals surface area contributed by atoms with Gasteiger partial charge in [0.1, 0.15) is 0 Å². The Kier molecular flexibility index (Phi) is 3.23. The minimum atomic E-state index is 0.295. The number of hydrogen-bond donors (Lipinski definition) is 0. The van der Waals surface area contributed by atoms with E-state index in [9.17, 15) is 0 Å². The standard InChI is InChI=1S/C11H20O2/c1-9(8-12-10-6-7-10)13-11-4-2-3-5-11/h9-11H,2-8H2,1H3. The summed E-state index contributed by atoms with van der Waals surface area (Å²) in [5, 5.41) is 0. The third-order valence-electron chi connectivity index (χ3n) is 2.82. The van der Waals surface area contributed by atoms with Gasteiger partial charge in [-0.05, 0) is 32.6 Å². The summed E-state index contributed by atoms with van der Waals surface area (Å²) in [6.45, 7) is 2.92. The molecule has 2 nitrogen and oxygen atoms in total. The lowest BCUT2D eigenvalue weighted by molar-refractivity contribution is -0.0489. The lowest BCUT2D eigenvalue weighted by Gasteiger charge is -2.18. The van der Waals surface area contributed by atoms with Crippen LogP contribution in [-0.2, 0) is 9.47 Å². The maximum atomic E-state index is 5.86. The van der Waals surface area contributed by atoms with Crippen molar-refractivity contribution in [1.29, 1.82) is 0 Å². The fraction of sp³-hybridized carbons (Fsp3) is 1.00. The minimum absolute atomic E-state index is 0.295. The quantitative estimate of drug-likeness (QED) is 0.653. The zero-order chi connectivity index (χ0) is 9.10. The zero-order valence-corrected chi connectivity index (χ0v) is 8.50. The van der Waals surface area contributed by atoms with Gasteiger partial charge in [0.15, 0.2) is 0 Å². The first-order valence-corrected chi connectivity index (χ1v) is 5.61. The summed E-state index contributed by atoms with van der Waals surface area (Å²) in [4.78, 5) is 0. The van der Waals surface area contributed by atoms with Crippen LogP contribution in [0.15, 0.2) is 0 Å². The van der Waals surface area contributed by atoms with Gasteiger partial charge in [0, 0.05) is 0 Å². The highest BCUT2D eigenvalue weighted by Gasteiger charge is 2.24. The Hall–Kier alpha value is -0.0800. The average molecular weight is 184 g/mol. The van der Waals surface area contributed by atoms with Crippen molar-refractivity contribution in [1.82, 2.24) is 0 Å². The van der Waals surface area contributed by atoms with Gasteiger partial charge >= 0.3 is 0 Å². The summed E-state index contributed by atoms with van der Waals surface area (Å²) >= 11 is 0. The van der Waals surface area contributed by atoms with Crippen molar-refractivity contribution >= 4 is 0 Å². The van der Waals surface area contributed by atoms with E-state index in [1.807, 2.05) is 0 Å². The van der Waals surface area contributed by atoms with Gasteiger partial charge in [0.2, 0.25) is 0 Å². The Morgan fingerprint density at radius 1 is 1.08 bits per heavy atom. The van der Waals surface area contributed by atoms with Crippen molar-refractivity contribution in [3.05, 3.63) is 0 Å². The van der Waals surface area contributed by atoms with Crippen LogP contribution in [0.3, 0.4) is 0 Å². The highest BCUT2D eigenvalue weighted by molar-refractivity contribution is 4.74. The third-order valence-corrected chi connectivity index (χ3v) is 2.82. The summed E-state index contributed by atoms with van der Waals surface area (Å²) in [5.41, 5.74) is 0. The number of hydrogen-bond acceptors (Lipinski definition) is 2. The van der Waals surface area contributed by atoms with Crippen LogP contribution in [0.5, 0.6) is 0 Å². The second-order valence-electron chi connectivity index (χ2n) is 4.39. The number of rotatable bonds is 5. The molecule has 0 heterocycles. The van der Waals surface area contributed by atoms with Crippen LogP contribution in [0.4, 0.5) is 0 Å². The first-order chi connectivity index (χ1) is 6.34. The summed E-state index contributed by atoms with van der Waals surface area (Å²) in [5.74, 6) is 0. The molecule has 13 heavy (non-hydrogen) atoms. The molecule has 0 aliphatic heterocycles. The largest absolute Gasteiger partial charge is 0.376 e. The topological polar surface area (TPSA) is 18.5 Å². The van der Waals surface area contributed by atoms with Gasteiger partial charge in [-0.1, -0.05) is 12.8 Å². The van der Waals surface area contributed by atoms with Crippen LogP contribution < -0.4 is 0 Å². The van der Waals surface area contributed by atoms with Gasteiger partial charge in [-0.25, -0.2) is 0 Å². The molecule has 2 fully saturated rings. The molecule has 2 rings (SSSR count). The average Bonchev–Trinajstić information content (AvgIpc) is 2.82. The molecule has 2 aliphatic rings. The Morgan fingerprint density at radius 3 is 2.38 bits per heavy atom. The Balaban J connectivity index is 1.56. The van der Waals surface area contributed by atoms with E-state index in [-0.39, 0.29) is 0 Å². The highest BCUT2D eigenvalue weighted by Crippen LogP contribution is 2.25. The van der Waals surface area contributed by atoms with Gasteiger partial charge in [-0.3, -0.25) is 0 Å². The fourth-order valence-corrected chi connectivity index (χ4v) is 1.90. The summed E-state index contributed by atoms with van der Waals surface area (Å²) < 4.78 is 11.5. The molecular weight excluding hydrogens is 164 g/mol. The first kappa shape index (κ1) is 9.47. The van der Waals surface area contributed by atoms with Crippen molar-refractivity contribution in [2.45, 2.75) is 63.8 Å². The molecule has 2 saturated carbocycles. The monoisotopic (exact) mass is 184 g/mol. The van der Waals surface area contributed by atoms with E-state index in [4.69, 9.17) is 9.47 Å². The predicted octanol–water partition coefficient (Wildman–Crippen LogP) is 2.51. The van der Waals surface area contributed by atoms with E-state index in [0.717, 1.165) is 6.61 Å². The molecule has 76 valence electrons. The predicted molar refractivity (Wildman–Crippen MR) is 51.8 cm³/mol. The van der Waals surface area contributed by atoms with Crippen LogP contribution in [-0.4, -0.2) is 24.9 Å². The van der Waals surface area contributed by atoms with E-state index >= 15 is 0 Å². The van der Waals surface area contributed by atoms with Crippen molar-refractivity contribution in [2.24, 2.45) is 0 Å². The van der Waals surface area contributed by atoms with Crippen LogP contribution in [0.25, 0.3) is 0 Å². The summed E-state index contributed by atoms with van der Waals surface area (Å²) in [6, 6.07) is 0. The maximum absolute atomic E-state index is 5.86. The summed E-state index contributed by atoms with van der Waals surface area (Å²) in [6.07, 6.45) is 9.12. The SMILES string of the molecule is CC(COC1CC1)OC1CCCC1. The Bertz CT molecular complexity index is 148. The van der Waals surface area contributed by atoms with Gasteiger partial charge in [0.05, 0.1) is 24.9 Å². The molecule has 0 N–H and O–H groups in total. The van der Waals surface area contributed by atoms with Gasteiger partial charge in [-0.2, -0.15) is 0 Å². The molecule has 1 unspecified atom stereocenters. The molecule has 0 radical (unpaired) electrons. The lowest BCUT2D eigenvalue weighted by atomic mass is 10.3. The Morgan fingerprint density at radius 2 is 1.77 bits per heavy atom. The van der Waals surface area contributed by atoms with Crippen molar-refractivity contribution < 1.29 is 9.47 Å². The fourth-order valence-electron chi connectivity index (χ4n) is 1.90. The molecular formula is C11H20O2. The normalized spacial score (nSPS) is 26.5. The molecule has 1 atom stereocenters. The molecule has 0 aromatic carbocycles. The van der Waals surface area contributed by atoms with Crippen LogP contribution in [0, 0.1) is 0 Å². The second-order valence-corrected chi connectivity index (χ2v) is 4.39.